The van der Waals surface area contributed by atoms with E-state index in [4.69, 9.17) is 4.74 Å². The monoisotopic (exact) mass is 334 g/mol. The number of morpholine rings is 1. The number of aromatic nitrogens is 2. The van der Waals surface area contributed by atoms with Gasteiger partial charge in [-0.25, -0.2) is 9.97 Å². The summed E-state index contributed by atoms with van der Waals surface area (Å²) < 4.78 is 5.67. The number of hydrogen-bond donors (Lipinski definition) is 1. The Morgan fingerprint density at radius 1 is 1.39 bits per heavy atom. The molecule has 3 rings (SSSR count). The number of fused-ring (bicyclic) bond motifs is 1. The third-order valence-electron chi connectivity index (χ3n) is 3.86. The van der Waals surface area contributed by atoms with Crippen LogP contribution < -0.4 is 5.32 Å². The van der Waals surface area contributed by atoms with Crippen molar-refractivity contribution in [3.63, 3.8) is 0 Å². The van der Waals surface area contributed by atoms with Gasteiger partial charge in [-0.1, -0.05) is 0 Å². The summed E-state index contributed by atoms with van der Waals surface area (Å²) in [6, 6.07) is 2.08. The third-order valence-corrected chi connectivity index (χ3v) is 4.81. The Hall–Kier alpha value is -1.73. The molecule has 1 aliphatic heterocycles. The smallest absolute Gasteiger partial charge is 0.224 e. The highest BCUT2D eigenvalue weighted by molar-refractivity contribution is 7.18. The lowest BCUT2D eigenvalue weighted by molar-refractivity contribution is -0.142. The first-order valence-electron chi connectivity index (χ1n) is 7.91. The van der Waals surface area contributed by atoms with Crippen molar-refractivity contribution in [2.45, 2.75) is 39.4 Å². The van der Waals surface area contributed by atoms with Crippen molar-refractivity contribution in [3.05, 3.63) is 17.3 Å². The van der Waals surface area contributed by atoms with Crippen LogP contribution in [-0.2, 0) is 9.53 Å². The summed E-state index contributed by atoms with van der Waals surface area (Å²) in [6.45, 7) is 7.98. The number of rotatable bonds is 4. The highest BCUT2D eigenvalue weighted by Crippen LogP contribution is 2.27. The summed E-state index contributed by atoms with van der Waals surface area (Å²) >= 11 is 1.65. The van der Waals surface area contributed by atoms with Gasteiger partial charge in [0.2, 0.25) is 5.91 Å². The van der Waals surface area contributed by atoms with E-state index in [9.17, 15) is 4.79 Å². The number of anilines is 1. The lowest BCUT2D eigenvalue weighted by Gasteiger charge is -2.35. The predicted octanol–water partition coefficient (Wildman–Crippen LogP) is 2.44. The van der Waals surface area contributed by atoms with Crippen LogP contribution in [0.3, 0.4) is 0 Å². The summed E-state index contributed by atoms with van der Waals surface area (Å²) in [5, 5.41) is 4.29. The van der Waals surface area contributed by atoms with Gasteiger partial charge >= 0.3 is 0 Å². The number of amides is 1. The summed E-state index contributed by atoms with van der Waals surface area (Å²) in [5.74, 6) is 0.960. The highest BCUT2D eigenvalue weighted by Gasteiger charge is 2.25. The van der Waals surface area contributed by atoms with Crippen LogP contribution in [-0.4, -0.2) is 52.6 Å². The fourth-order valence-corrected chi connectivity index (χ4v) is 3.79. The first-order chi connectivity index (χ1) is 11.0. The average molecular weight is 334 g/mol. The molecule has 1 fully saturated rings. The Balaban J connectivity index is 1.57. The van der Waals surface area contributed by atoms with Gasteiger partial charge in [-0.05, 0) is 26.8 Å². The fourth-order valence-electron chi connectivity index (χ4n) is 2.94. The van der Waals surface area contributed by atoms with Gasteiger partial charge in [0.1, 0.15) is 17.0 Å². The highest BCUT2D eigenvalue weighted by atomic mass is 32.1. The number of carbonyl (C=O) groups excluding carboxylic acids is 1. The molecule has 0 saturated carbocycles. The maximum absolute atomic E-state index is 12.3. The van der Waals surface area contributed by atoms with E-state index in [1.807, 2.05) is 18.7 Å². The largest absolute Gasteiger partial charge is 0.372 e. The molecule has 0 aromatic carbocycles. The normalized spacial score (nSPS) is 21.6. The SMILES string of the molecule is Cc1cc2c(NCCC(=O)N3CC(C)OC(C)C3)ncnc2s1. The first kappa shape index (κ1) is 16.1. The van der Waals surface area contributed by atoms with Crippen molar-refractivity contribution < 1.29 is 9.53 Å². The van der Waals surface area contributed by atoms with Crippen LogP contribution in [0.2, 0.25) is 0 Å². The molecule has 7 heteroatoms. The van der Waals surface area contributed by atoms with Gasteiger partial charge < -0.3 is 15.0 Å². The van der Waals surface area contributed by atoms with Gasteiger partial charge in [0.15, 0.2) is 0 Å². The lowest BCUT2D eigenvalue weighted by atomic mass is 10.2. The second kappa shape index (κ2) is 6.80. The molecule has 2 atom stereocenters. The van der Waals surface area contributed by atoms with Gasteiger partial charge in [0, 0.05) is 30.9 Å². The minimum absolute atomic E-state index is 0.103. The van der Waals surface area contributed by atoms with Gasteiger partial charge in [0.25, 0.3) is 0 Å². The molecule has 0 aliphatic carbocycles. The van der Waals surface area contributed by atoms with Crippen molar-refractivity contribution in [2.75, 3.05) is 25.0 Å². The zero-order valence-corrected chi connectivity index (χ0v) is 14.5. The van der Waals surface area contributed by atoms with E-state index in [1.54, 1.807) is 17.7 Å². The number of nitrogens with one attached hydrogen (secondary N) is 1. The van der Waals surface area contributed by atoms with Crippen molar-refractivity contribution in [1.29, 1.82) is 0 Å². The molecule has 1 saturated heterocycles. The fraction of sp³-hybridized carbons (Fsp3) is 0.562. The Bertz CT molecular complexity index is 692. The molecule has 1 amide bonds. The molecule has 0 bridgehead atoms. The molecule has 0 radical (unpaired) electrons. The summed E-state index contributed by atoms with van der Waals surface area (Å²) in [6.07, 6.45) is 2.22. The van der Waals surface area contributed by atoms with E-state index in [1.165, 1.54) is 4.88 Å². The lowest BCUT2D eigenvalue weighted by Crippen LogP contribution is -2.48. The van der Waals surface area contributed by atoms with Crippen LogP contribution in [0.5, 0.6) is 0 Å². The number of aryl methyl sites for hydroxylation is 1. The van der Waals surface area contributed by atoms with Gasteiger partial charge in [0.05, 0.1) is 17.6 Å². The molecule has 1 aliphatic rings. The molecular formula is C16H22N4O2S. The molecule has 1 N–H and O–H groups in total. The number of nitrogens with zero attached hydrogens (tertiary/aromatic N) is 3. The van der Waals surface area contributed by atoms with Crippen LogP contribution >= 0.6 is 11.3 Å². The molecule has 6 nitrogen and oxygen atoms in total. The zero-order chi connectivity index (χ0) is 16.4. The molecular weight excluding hydrogens is 312 g/mol. The molecule has 2 unspecified atom stereocenters. The van der Waals surface area contributed by atoms with Gasteiger partial charge in [-0.3, -0.25) is 4.79 Å². The molecule has 2 aromatic rings. The second-order valence-corrected chi connectivity index (χ2v) is 7.27. The van der Waals surface area contributed by atoms with Crippen LogP contribution in [0.15, 0.2) is 12.4 Å². The number of thiophene rings is 1. The average Bonchev–Trinajstić information content (AvgIpc) is 2.87. The van der Waals surface area contributed by atoms with E-state index in [0.717, 1.165) is 16.0 Å². The third kappa shape index (κ3) is 3.79. The predicted molar refractivity (Wildman–Crippen MR) is 91.8 cm³/mol. The van der Waals surface area contributed by atoms with Crippen molar-refractivity contribution in [2.24, 2.45) is 0 Å². The Labute approximate surface area is 139 Å². The Morgan fingerprint density at radius 2 is 2.13 bits per heavy atom. The van der Waals surface area contributed by atoms with Crippen LogP contribution in [0.1, 0.15) is 25.1 Å². The number of ether oxygens (including phenoxy) is 1. The number of hydrogen-bond acceptors (Lipinski definition) is 6. The summed E-state index contributed by atoms with van der Waals surface area (Å²) in [4.78, 5) is 25.0. The zero-order valence-electron chi connectivity index (χ0n) is 13.7. The molecule has 23 heavy (non-hydrogen) atoms. The molecule has 2 aromatic heterocycles. The summed E-state index contributed by atoms with van der Waals surface area (Å²) in [5.41, 5.74) is 0. The minimum atomic E-state index is 0.103. The van der Waals surface area contributed by atoms with E-state index in [-0.39, 0.29) is 18.1 Å². The number of carbonyl (C=O) groups is 1. The minimum Gasteiger partial charge on any atom is -0.372 e. The molecule has 124 valence electrons. The van der Waals surface area contributed by atoms with Crippen molar-refractivity contribution >= 4 is 33.3 Å². The van der Waals surface area contributed by atoms with Crippen molar-refractivity contribution in [1.82, 2.24) is 14.9 Å². The van der Waals surface area contributed by atoms with E-state index in [0.29, 0.717) is 26.1 Å². The molecule has 0 spiro atoms. The molecule has 3 heterocycles. The topological polar surface area (TPSA) is 67.4 Å². The quantitative estimate of drug-likeness (QED) is 0.930. The summed E-state index contributed by atoms with van der Waals surface area (Å²) in [7, 11) is 0. The van der Waals surface area contributed by atoms with Crippen molar-refractivity contribution in [3.8, 4) is 0 Å². The van der Waals surface area contributed by atoms with Gasteiger partial charge in [-0.2, -0.15) is 0 Å². The van der Waals surface area contributed by atoms with Crippen LogP contribution in [0.4, 0.5) is 5.82 Å². The van der Waals surface area contributed by atoms with E-state index >= 15 is 0 Å². The maximum atomic E-state index is 12.3. The van der Waals surface area contributed by atoms with Gasteiger partial charge in [-0.15, -0.1) is 11.3 Å². The Kier molecular flexibility index (Phi) is 4.77. The standard InChI is InChI=1S/C16H22N4O2S/c1-10-7-20(8-11(2)22-10)14(21)4-5-17-15-13-6-12(3)23-16(13)19-9-18-15/h6,9-11H,4-5,7-8H2,1-3H3,(H,17,18,19). The van der Waals surface area contributed by atoms with Crippen LogP contribution in [0, 0.1) is 6.92 Å². The van der Waals surface area contributed by atoms with Crippen LogP contribution in [0.25, 0.3) is 10.2 Å². The maximum Gasteiger partial charge on any atom is 0.224 e. The second-order valence-electron chi connectivity index (χ2n) is 6.03. The van der Waals surface area contributed by atoms with E-state index < -0.39 is 0 Å². The van der Waals surface area contributed by atoms with E-state index in [2.05, 4.69) is 28.3 Å². The first-order valence-corrected chi connectivity index (χ1v) is 8.73. The Morgan fingerprint density at radius 3 is 2.87 bits per heavy atom.